The molecule has 0 spiro atoms. The molecule has 0 heterocycles. The summed E-state index contributed by atoms with van der Waals surface area (Å²) in [7, 11) is 0. The van der Waals surface area contributed by atoms with Gasteiger partial charge in [-0.05, 0) is 52.9 Å². The SMILES string of the molecule is CC(OCc1ccccc1)C(NC(=O)c1ccc(NC(=O)OCC2c3ccccc3-c3ccccc32)cc1F)C(=O)O. The molecule has 214 valence electrons. The van der Waals surface area contributed by atoms with Gasteiger partial charge in [0, 0.05) is 11.6 Å². The Morgan fingerprint density at radius 1 is 0.881 bits per heavy atom. The van der Waals surface area contributed by atoms with E-state index in [1.165, 1.54) is 13.0 Å². The molecule has 0 fully saturated rings. The first-order valence-electron chi connectivity index (χ1n) is 13.4. The van der Waals surface area contributed by atoms with E-state index >= 15 is 0 Å². The number of anilines is 1. The third kappa shape index (κ3) is 6.31. The number of hydrogen-bond donors (Lipinski definition) is 3. The lowest BCUT2D eigenvalue weighted by atomic mass is 9.98. The smallest absolute Gasteiger partial charge is 0.411 e. The molecule has 42 heavy (non-hydrogen) atoms. The highest BCUT2D eigenvalue weighted by molar-refractivity contribution is 5.97. The Hall–Kier alpha value is -5.02. The van der Waals surface area contributed by atoms with Crippen molar-refractivity contribution >= 4 is 23.7 Å². The van der Waals surface area contributed by atoms with Crippen LogP contribution in [0.5, 0.6) is 0 Å². The second-order valence-corrected chi connectivity index (χ2v) is 9.94. The second kappa shape index (κ2) is 12.7. The van der Waals surface area contributed by atoms with Gasteiger partial charge in [0.1, 0.15) is 12.4 Å². The maximum atomic E-state index is 14.9. The fourth-order valence-corrected chi connectivity index (χ4v) is 5.03. The predicted octanol–water partition coefficient (Wildman–Crippen LogP) is 5.98. The molecule has 2 unspecified atom stereocenters. The van der Waals surface area contributed by atoms with Gasteiger partial charge in [0.2, 0.25) is 0 Å². The Labute approximate surface area is 242 Å². The van der Waals surface area contributed by atoms with Crippen molar-refractivity contribution < 1.29 is 33.4 Å². The summed E-state index contributed by atoms with van der Waals surface area (Å²) in [5.41, 5.74) is 4.86. The molecule has 4 aromatic rings. The van der Waals surface area contributed by atoms with Gasteiger partial charge in [-0.2, -0.15) is 0 Å². The molecule has 4 aromatic carbocycles. The lowest BCUT2D eigenvalue weighted by Crippen LogP contribution is -2.48. The average molecular weight is 569 g/mol. The molecule has 1 aliphatic carbocycles. The van der Waals surface area contributed by atoms with Crippen molar-refractivity contribution in [3.8, 4) is 11.1 Å². The lowest BCUT2D eigenvalue weighted by molar-refractivity contribution is -0.143. The number of rotatable bonds is 10. The van der Waals surface area contributed by atoms with E-state index in [1.54, 1.807) is 0 Å². The Morgan fingerprint density at radius 2 is 1.50 bits per heavy atom. The van der Waals surface area contributed by atoms with Crippen LogP contribution >= 0.6 is 0 Å². The van der Waals surface area contributed by atoms with Gasteiger partial charge in [-0.3, -0.25) is 10.1 Å². The summed E-state index contributed by atoms with van der Waals surface area (Å²) in [6.45, 7) is 1.75. The van der Waals surface area contributed by atoms with Crippen molar-refractivity contribution in [2.45, 2.75) is 31.6 Å². The summed E-state index contributed by atoms with van der Waals surface area (Å²) in [6.07, 6.45) is -1.67. The van der Waals surface area contributed by atoms with E-state index in [9.17, 15) is 23.9 Å². The number of carboxylic acid groups (broad SMARTS) is 1. The fourth-order valence-electron chi connectivity index (χ4n) is 5.03. The number of benzene rings is 4. The van der Waals surface area contributed by atoms with Crippen molar-refractivity contribution in [1.82, 2.24) is 5.32 Å². The molecule has 0 saturated carbocycles. The summed E-state index contributed by atoms with van der Waals surface area (Å²) in [6, 6.07) is 27.1. The van der Waals surface area contributed by atoms with Crippen molar-refractivity contribution in [3.63, 3.8) is 0 Å². The molecule has 8 nitrogen and oxygen atoms in total. The lowest BCUT2D eigenvalue weighted by Gasteiger charge is -2.22. The molecule has 0 aliphatic heterocycles. The molecular formula is C33H29FN2O6. The van der Waals surface area contributed by atoms with E-state index in [0.29, 0.717) is 0 Å². The summed E-state index contributed by atoms with van der Waals surface area (Å²) in [5, 5.41) is 14.4. The van der Waals surface area contributed by atoms with Crippen LogP contribution in [0.25, 0.3) is 11.1 Å². The molecule has 0 radical (unpaired) electrons. The number of nitrogens with one attached hydrogen (secondary N) is 2. The molecule has 0 bridgehead atoms. The van der Waals surface area contributed by atoms with Crippen LogP contribution in [-0.4, -0.2) is 41.8 Å². The number of halogens is 1. The number of carboxylic acids is 1. The van der Waals surface area contributed by atoms with Crippen LogP contribution in [0.1, 0.15) is 39.9 Å². The van der Waals surface area contributed by atoms with Gasteiger partial charge in [-0.15, -0.1) is 0 Å². The molecule has 0 aromatic heterocycles. The minimum atomic E-state index is -1.42. The van der Waals surface area contributed by atoms with Crippen LogP contribution < -0.4 is 10.6 Å². The van der Waals surface area contributed by atoms with Gasteiger partial charge in [0.25, 0.3) is 5.91 Å². The summed E-state index contributed by atoms with van der Waals surface area (Å²) >= 11 is 0. The van der Waals surface area contributed by atoms with Crippen LogP contribution in [0.15, 0.2) is 97.1 Å². The first-order chi connectivity index (χ1) is 20.3. The van der Waals surface area contributed by atoms with Crippen LogP contribution in [0, 0.1) is 5.82 Å². The zero-order valence-corrected chi connectivity index (χ0v) is 22.8. The maximum absolute atomic E-state index is 14.9. The molecule has 2 atom stereocenters. The number of fused-ring (bicyclic) bond motifs is 3. The van der Waals surface area contributed by atoms with E-state index in [1.807, 2.05) is 78.9 Å². The third-order valence-corrected chi connectivity index (χ3v) is 7.18. The Bertz CT molecular complexity index is 1560. The van der Waals surface area contributed by atoms with Crippen LogP contribution in [0.4, 0.5) is 14.9 Å². The second-order valence-electron chi connectivity index (χ2n) is 9.94. The van der Waals surface area contributed by atoms with Crippen molar-refractivity contribution in [1.29, 1.82) is 0 Å². The topological polar surface area (TPSA) is 114 Å². The first kappa shape index (κ1) is 28.5. The highest BCUT2D eigenvalue weighted by Crippen LogP contribution is 2.44. The van der Waals surface area contributed by atoms with E-state index in [2.05, 4.69) is 10.6 Å². The number of carbonyl (C=O) groups is 3. The number of amides is 2. The van der Waals surface area contributed by atoms with E-state index in [-0.39, 0.29) is 30.4 Å². The summed E-state index contributed by atoms with van der Waals surface area (Å²) in [4.78, 5) is 37.2. The van der Waals surface area contributed by atoms with Gasteiger partial charge >= 0.3 is 12.1 Å². The van der Waals surface area contributed by atoms with E-state index in [0.717, 1.165) is 39.9 Å². The van der Waals surface area contributed by atoms with Gasteiger partial charge in [0.15, 0.2) is 6.04 Å². The van der Waals surface area contributed by atoms with Crippen molar-refractivity contribution in [2.24, 2.45) is 0 Å². The Kier molecular flexibility index (Phi) is 8.59. The van der Waals surface area contributed by atoms with Crippen molar-refractivity contribution in [2.75, 3.05) is 11.9 Å². The molecule has 0 saturated heterocycles. The molecular weight excluding hydrogens is 539 g/mol. The van der Waals surface area contributed by atoms with Gasteiger partial charge in [-0.25, -0.2) is 14.0 Å². The van der Waals surface area contributed by atoms with Crippen LogP contribution in [0.3, 0.4) is 0 Å². The highest BCUT2D eigenvalue weighted by Gasteiger charge is 2.30. The Balaban J connectivity index is 1.18. The zero-order chi connectivity index (χ0) is 29.6. The number of carbonyl (C=O) groups excluding carboxylic acids is 2. The third-order valence-electron chi connectivity index (χ3n) is 7.18. The first-order valence-corrected chi connectivity index (χ1v) is 13.4. The molecule has 5 rings (SSSR count). The van der Waals surface area contributed by atoms with Gasteiger partial charge in [0.05, 0.1) is 18.3 Å². The molecule has 9 heteroatoms. The average Bonchev–Trinajstić information content (AvgIpc) is 3.31. The van der Waals surface area contributed by atoms with Crippen molar-refractivity contribution in [3.05, 3.63) is 125 Å². The Morgan fingerprint density at radius 3 is 2.12 bits per heavy atom. The highest BCUT2D eigenvalue weighted by atomic mass is 19.1. The van der Waals surface area contributed by atoms with Crippen LogP contribution in [0.2, 0.25) is 0 Å². The number of hydrogen-bond acceptors (Lipinski definition) is 5. The number of aliphatic carboxylic acids is 1. The van der Waals surface area contributed by atoms with Gasteiger partial charge < -0.3 is 19.9 Å². The standard InChI is InChI=1S/C33H29FN2O6/c1-20(41-18-21-9-3-2-4-10-21)30(32(38)39)36-31(37)27-16-15-22(17-29(27)34)35-33(40)42-19-28-25-13-7-5-11-23(25)24-12-6-8-14-26(24)28/h2-17,20,28,30H,18-19H2,1H3,(H,35,40)(H,36,37)(H,38,39). The van der Waals surface area contributed by atoms with E-state index in [4.69, 9.17) is 9.47 Å². The predicted molar refractivity (Wildman–Crippen MR) is 155 cm³/mol. The maximum Gasteiger partial charge on any atom is 0.411 e. The minimum absolute atomic E-state index is 0.0793. The molecule has 2 amide bonds. The fraction of sp³-hybridized carbons (Fsp3) is 0.182. The summed E-state index contributed by atoms with van der Waals surface area (Å²) < 4.78 is 26.0. The van der Waals surface area contributed by atoms with Gasteiger partial charge in [-0.1, -0.05) is 78.9 Å². The zero-order valence-electron chi connectivity index (χ0n) is 22.8. The normalized spacial score (nSPS) is 13.4. The monoisotopic (exact) mass is 568 g/mol. The van der Waals surface area contributed by atoms with Crippen LogP contribution in [-0.2, 0) is 20.9 Å². The molecule has 1 aliphatic rings. The molecule has 3 N–H and O–H groups in total. The quantitative estimate of drug-likeness (QED) is 0.217. The number of ether oxygens (including phenoxy) is 2. The minimum Gasteiger partial charge on any atom is -0.480 e. The van der Waals surface area contributed by atoms with E-state index < -0.39 is 35.9 Å². The largest absolute Gasteiger partial charge is 0.480 e. The summed E-state index contributed by atoms with van der Waals surface area (Å²) in [5.74, 6) is -3.32.